The molecule has 1 saturated heterocycles. The van der Waals surface area contributed by atoms with E-state index in [0.717, 1.165) is 5.69 Å². The monoisotopic (exact) mass is 345 g/mol. The van der Waals surface area contributed by atoms with Gasteiger partial charge >= 0.3 is 6.09 Å². The summed E-state index contributed by atoms with van der Waals surface area (Å²) in [5.74, 6) is 0. The Kier molecular flexibility index (Phi) is 5.07. The quantitative estimate of drug-likeness (QED) is 0.775. The van der Waals surface area contributed by atoms with Crippen LogP contribution in [0.2, 0.25) is 10.0 Å². The van der Waals surface area contributed by atoms with E-state index in [-0.39, 0.29) is 12.1 Å². The molecule has 0 N–H and O–H groups in total. The summed E-state index contributed by atoms with van der Waals surface area (Å²) in [5.41, 5.74) is 0.278. The molecular weight excluding hydrogens is 325 g/mol. The van der Waals surface area contributed by atoms with Crippen LogP contribution < -0.4 is 4.90 Å². The van der Waals surface area contributed by atoms with Crippen molar-refractivity contribution in [3.63, 3.8) is 0 Å². The third-order valence-electron chi connectivity index (χ3n) is 3.40. The molecule has 1 unspecified atom stereocenters. The van der Waals surface area contributed by atoms with Crippen LogP contribution in [0.1, 0.15) is 27.7 Å². The van der Waals surface area contributed by atoms with Gasteiger partial charge in [-0.3, -0.25) is 4.98 Å². The highest BCUT2D eigenvalue weighted by molar-refractivity contribution is 6.38. The second-order valence-corrected chi connectivity index (χ2v) is 7.23. The summed E-state index contributed by atoms with van der Waals surface area (Å²) in [7, 11) is 0. The zero-order chi connectivity index (χ0) is 16.5. The van der Waals surface area contributed by atoms with Gasteiger partial charge in [-0.05, 0) is 27.7 Å². The Hall–Kier alpha value is -1.20. The maximum atomic E-state index is 12.2. The van der Waals surface area contributed by atoms with Gasteiger partial charge in [-0.2, -0.15) is 0 Å². The van der Waals surface area contributed by atoms with Gasteiger partial charge in [0.05, 0.1) is 15.7 Å². The summed E-state index contributed by atoms with van der Waals surface area (Å²) >= 11 is 12.4. The van der Waals surface area contributed by atoms with Gasteiger partial charge in [0, 0.05) is 38.1 Å². The Morgan fingerprint density at radius 3 is 2.36 bits per heavy atom. The molecular formula is C15H21Cl2N3O2. The number of anilines is 1. The minimum atomic E-state index is -0.494. The third-order valence-corrected chi connectivity index (χ3v) is 3.95. The number of ether oxygens (including phenoxy) is 1. The molecule has 0 bridgehead atoms. The van der Waals surface area contributed by atoms with Crippen molar-refractivity contribution in [2.75, 3.05) is 24.5 Å². The molecule has 0 saturated carbocycles. The molecule has 2 rings (SSSR count). The van der Waals surface area contributed by atoms with Crippen molar-refractivity contribution in [3.05, 3.63) is 22.4 Å². The van der Waals surface area contributed by atoms with E-state index in [1.165, 1.54) is 0 Å². The third kappa shape index (κ3) is 3.96. The average molecular weight is 346 g/mol. The zero-order valence-electron chi connectivity index (χ0n) is 13.3. The second-order valence-electron chi connectivity index (χ2n) is 6.42. The van der Waals surface area contributed by atoms with Gasteiger partial charge in [0.25, 0.3) is 0 Å². The molecule has 1 aromatic heterocycles. The molecule has 2 heterocycles. The molecule has 1 aliphatic heterocycles. The van der Waals surface area contributed by atoms with Crippen LogP contribution in [0, 0.1) is 0 Å². The standard InChI is InChI=1S/C15H21Cl2N3O2/c1-10-9-19(13-11(16)7-18-8-12(13)17)5-6-20(10)14(21)22-15(2,3)4/h7-8,10H,5-6,9H2,1-4H3. The molecule has 122 valence electrons. The topological polar surface area (TPSA) is 45.7 Å². The number of hydrogen-bond acceptors (Lipinski definition) is 4. The molecule has 22 heavy (non-hydrogen) atoms. The lowest BCUT2D eigenvalue weighted by molar-refractivity contribution is 0.0159. The summed E-state index contributed by atoms with van der Waals surface area (Å²) in [6.45, 7) is 9.42. The first-order valence-electron chi connectivity index (χ1n) is 7.22. The predicted octanol–water partition coefficient (Wildman–Crippen LogP) is 3.83. The maximum absolute atomic E-state index is 12.2. The van der Waals surface area contributed by atoms with Gasteiger partial charge in [0.2, 0.25) is 0 Å². The fourth-order valence-corrected chi connectivity index (χ4v) is 3.06. The summed E-state index contributed by atoms with van der Waals surface area (Å²) in [6.07, 6.45) is 2.87. The highest BCUT2D eigenvalue weighted by Gasteiger charge is 2.32. The summed E-state index contributed by atoms with van der Waals surface area (Å²) in [5, 5.41) is 1.04. The molecule has 1 aliphatic rings. The van der Waals surface area contributed by atoms with Crippen molar-refractivity contribution >= 4 is 35.0 Å². The van der Waals surface area contributed by atoms with Crippen molar-refractivity contribution in [1.82, 2.24) is 9.88 Å². The predicted molar refractivity (Wildman–Crippen MR) is 88.9 cm³/mol. The van der Waals surface area contributed by atoms with Gasteiger partial charge in [0.1, 0.15) is 5.60 Å². The largest absolute Gasteiger partial charge is 0.444 e. The van der Waals surface area contributed by atoms with Crippen molar-refractivity contribution < 1.29 is 9.53 Å². The van der Waals surface area contributed by atoms with Crippen molar-refractivity contribution in [2.45, 2.75) is 39.3 Å². The number of aromatic nitrogens is 1. The first-order valence-corrected chi connectivity index (χ1v) is 7.98. The van der Waals surface area contributed by atoms with Gasteiger partial charge in [-0.1, -0.05) is 23.2 Å². The normalized spacial score (nSPS) is 19.3. The number of piperazine rings is 1. The van der Waals surface area contributed by atoms with Crippen LogP contribution in [-0.2, 0) is 4.74 Å². The van der Waals surface area contributed by atoms with E-state index in [1.807, 2.05) is 27.7 Å². The van der Waals surface area contributed by atoms with Crippen LogP contribution in [0.4, 0.5) is 10.5 Å². The molecule has 0 aromatic carbocycles. The van der Waals surface area contributed by atoms with Crippen LogP contribution in [0.3, 0.4) is 0 Å². The van der Waals surface area contributed by atoms with Crippen LogP contribution >= 0.6 is 23.2 Å². The number of carbonyl (C=O) groups excluding carboxylic acids is 1. The lowest BCUT2D eigenvalue weighted by Crippen LogP contribution is -2.55. The molecule has 1 fully saturated rings. The van der Waals surface area contributed by atoms with Gasteiger partial charge < -0.3 is 14.5 Å². The van der Waals surface area contributed by atoms with Crippen LogP contribution in [0.5, 0.6) is 0 Å². The van der Waals surface area contributed by atoms with E-state index in [0.29, 0.717) is 29.7 Å². The molecule has 0 aliphatic carbocycles. The van der Waals surface area contributed by atoms with E-state index < -0.39 is 5.60 Å². The van der Waals surface area contributed by atoms with E-state index in [1.54, 1.807) is 17.3 Å². The zero-order valence-corrected chi connectivity index (χ0v) is 14.8. The summed E-state index contributed by atoms with van der Waals surface area (Å²) in [6, 6.07) is 0.00361. The van der Waals surface area contributed by atoms with E-state index in [9.17, 15) is 4.79 Å². The highest BCUT2D eigenvalue weighted by atomic mass is 35.5. The van der Waals surface area contributed by atoms with Gasteiger partial charge in [-0.15, -0.1) is 0 Å². The Balaban J connectivity index is 2.09. The van der Waals surface area contributed by atoms with Crippen molar-refractivity contribution in [3.8, 4) is 0 Å². The molecule has 0 spiro atoms. The Bertz CT molecular complexity index is 540. The Labute approximate surface area is 141 Å². The minimum Gasteiger partial charge on any atom is -0.444 e. The second kappa shape index (κ2) is 6.50. The van der Waals surface area contributed by atoms with E-state index in [2.05, 4.69) is 9.88 Å². The van der Waals surface area contributed by atoms with E-state index >= 15 is 0 Å². The van der Waals surface area contributed by atoms with Crippen molar-refractivity contribution in [2.24, 2.45) is 0 Å². The molecule has 1 atom stereocenters. The molecule has 5 nitrogen and oxygen atoms in total. The SMILES string of the molecule is CC1CN(c2c(Cl)cncc2Cl)CCN1C(=O)OC(C)(C)C. The van der Waals surface area contributed by atoms with Crippen LogP contribution in [-0.4, -0.2) is 47.3 Å². The van der Waals surface area contributed by atoms with E-state index in [4.69, 9.17) is 27.9 Å². The Morgan fingerprint density at radius 2 is 1.86 bits per heavy atom. The number of amides is 1. The molecule has 0 radical (unpaired) electrons. The minimum absolute atomic E-state index is 0.00361. The summed E-state index contributed by atoms with van der Waals surface area (Å²) < 4.78 is 5.44. The lowest BCUT2D eigenvalue weighted by atomic mass is 10.1. The maximum Gasteiger partial charge on any atom is 0.410 e. The number of halogens is 2. The first-order chi connectivity index (χ1) is 10.2. The summed E-state index contributed by atoms with van der Waals surface area (Å²) in [4.78, 5) is 20.0. The lowest BCUT2D eigenvalue weighted by Gasteiger charge is -2.41. The number of carbonyl (C=O) groups is 1. The first kappa shape index (κ1) is 17.2. The van der Waals surface area contributed by atoms with Crippen LogP contribution in [0.25, 0.3) is 0 Å². The number of rotatable bonds is 1. The average Bonchev–Trinajstić information content (AvgIpc) is 2.36. The fourth-order valence-electron chi connectivity index (χ4n) is 2.46. The smallest absolute Gasteiger partial charge is 0.410 e. The molecule has 1 aromatic rings. The fraction of sp³-hybridized carbons (Fsp3) is 0.600. The van der Waals surface area contributed by atoms with Crippen molar-refractivity contribution in [1.29, 1.82) is 0 Å². The number of nitrogens with zero attached hydrogens (tertiary/aromatic N) is 3. The number of pyridine rings is 1. The highest BCUT2D eigenvalue weighted by Crippen LogP contribution is 2.34. The van der Waals surface area contributed by atoms with Gasteiger partial charge in [0.15, 0.2) is 0 Å². The van der Waals surface area contributed by atoms with Crippen LogP contribution in [0.15, 0.2) is 12.4 Å². The molecule has 1 amide bonds. The molecule has 7 heteroatoms. The van der Waals surface area contributed by atoms with Gasteiger partial charge in [-0.25, -0.2) is 4.79 Å². The number of hydrogen-bond donors (Lipinski definition) is 0. The Morgan fingerprint density at radius 1 is 1.27 bits per heavy atom.